The molecule has 0 aromatic carbocycles. The maximum atomic E-state index is 12.1. The first-order valence-electron chi connectivity index (χ1n) is 5.65. The minimum atomic E-state index is -0.361. The lowest BCUT2D eigenvalue weighted by molar-refractivity contribution is -0.144. The van der Waals surface area contributed by atoms with E-state index in [1.54, 1.807) is 13.2 Å². The van der Waals surface area contributed by atoms with Crippen molar-refractivity contribution in [2.75, 3.05) is 20.2 Å². The van der Waals surface area contributed by atoms with E-state index in [1.807, 2.05) is 11.8 Å². The lowest BCUT2D eigenvalue weighted by Gasteiger charge is -2.31. The number of carbonyl (C=O) groups is 1. The van der Waals surface area contributed by atoms with Crippen LogP contribution < -0.4 is 0 Å². The minimum absolute atomic E-state index is 0.0735. The van der Waals surface area contributed by atoms with Crippen LogP contribution in [0.1, 0.15) is 26.2 Å². The quantitative estimate of drug-likeness (QED) is 0.664. The number of rotatable bonds is 4. The molecule has 0 N–H and O–H groups in total. The maximum Gasteiger partial charge on any atom is 0.252 e. The smallest absolute Gasteiger partial charge is 0.252 e. The van der Waals surface area contributed by atoms with Gasteiger partial charge in [0.1, 0.15) is 6.10 Å². The van der Waals surface area contributed by atoms with Crippen molar-refractivity contribution in [2.45, 2.75) is 32.3 Å². The molecule has 1 rings (SSSR count). The summed E-state index contributed by atoms with van der Waals surface area (Å²) in [6.45, 7) is 7.42. The molecule has 0 spiro atoms. The molecule has 1 aliphatic heterocycles. The molecule has 2 atom stereocenters. The fraction of sp³-hybridized carbons (Fsp3) is 0.750. The van der Waals surface area contributed by atoms with Gasteiger partial charge in [-0.1, -0.05) is 13.0 Å². The summed E-state index contributed by atoms with van der Waals surface area (Å²) in [7, 11) is 1.59. The minimum Gasteiger partial charge on any atom is -0.371 e. The Morgan fingerprint density at radius 3 is 2.47 bits per heavy atom. The molecular weight excluding hydrogens is 190 g/mol. The Labute approximate surface area is 92.1 Å². The standard InChI is InChI=1S/C12H21NO2/c1-4-10(2)11(15-3)12(14)13-8-6-5-7-9-13/h4,10-11H,1,5-9H2,2-3H3/t10-,11+/m0/s1. The van der Waals surface area contributed by atoms with E-state index in [4.69, 9.17) is 4.74 Å². The summed E-state index contributed by atoms with van der Waals surface area (Å²) in [6.07, 6.45) is 4.88. The van der Waals surface area contributed by atoms with Crippen LogP contribution in [-0.4, -0.2) is 37.1 Å². The van der Waals surface area contributed by atoms with E-state index < -0.39 is 0 Å². The zero-order chi connectivity index (χ0) is 11.3. The van der Waals surface area contributed by atoms with Crippen molar-refractivity contribution >= 4 is 5.91 Å². The summed E-state index contributed by atoms with van der Waals surface area (Å²) in [6, 6.07) is 0. The Bertz CT molecular complexity index is 222. The van der Waals surface area contributed by atoms with Crippen LogP contribution in [0.3, 0.4) is 0 Å². The van der Waals surface area contributed by atoms with Gasteiger partial charge in [0.2, 0.25) is 0 Å². The van der Waals surface area contributed by atoms with Crippen LogP contribution in [0, 0.1) is 5.92 Å². The number of piperidine rings is 1. The predicted molar refractivity (Wildman–Crippen MR) is 60.6 cm³/mol. The Morgan fingerprint density at radius 1 is 1.40 bits per heavy atom. The third-order valence-corrected chi connectivity index (χ3v) is 3.01. The van der Waals surface area contributed by atoms with Gasteiger partial charge in [-0.25, -0.2) is 0 Å². The highest BCUT2D eigenvalue weighted by atomic mass is 16.5. The van der Waals surface area contributed by atoms with Gasteiger partial charge in [-0.15, -0.1) is 6.58 Å². The highest BCUT2D eigenvalue weighted by molar-refractivity contribution is 5.81. The average Bonchev–Trinajstić information content (AvgIpc) is 2.30. The number of carbonyl (C=O) groups excluding carboxylic acids is 1. The number of likely N-dealkylation sites (tertiary alicyclic amines) is 1. The molecule has 15 heavy (non-hydrogen) atoms. The molecule has 1 saturated heterocycles. The van der Waals surface area contributed by atoms with Gasteiger partial charge in [-0.05, 0) is 19.3 Å². The van der Waals surface area contributed by atoms with E-state index in [1.165, 1.54) is 6.42 Å². The number of methoxy groups -OCH3 is 1. The molecule has 0 aromatic heterocycles. The number of amides is 1. The largest absolute Gasteiger partial charge is 0.371 e. The molecule has 1 heterocycles. The molecule has 0 aliphatic carbocycles. The normalized spacial score (nSPS) is 20.8. The Balaban J connectivity index is 2.58. The maximum absolute atomic E-state index is 12.1. The molecule has 0 aromatic rings. The molecule has 0 radical (unpaired) electrons. The Hall–Kier alpha value is -0.830. The van der Waals surface area contributed by atoms with E-state index in [0.717, 1.165) is 25.9 Å². The molecule has 1 aliphatic rings. The lowest BCUT2D eigenvalue weighted by Crippen LogP contribution is -2.45. The van der Waals surface area contributed by atoms with Crippen molar-refractivity contribution < 1.29 is 9.53 Å². The van der Waals surface area contributed by atoms with Gasteiger partial charge in [-0.2, -0.15) is 0 Å². The van der Waals surface area contributed by atoms with Gasteiger partial charge in [0.25, 0.3) is 5.91 Å². The molecule has 0 bridgehead atoms. The second kappa shape index (κ2) is 5.91. The summed E-state index contributed by atoms with van der Waals surface area (Å²) in [4.78, 5) is 14.0. The zero-order valence-corrected chi connectivity index (χ0v) is 9.74. The van der Waals surface area contributed by atoms with Crippen LogP contribution in [-0.2, 0) is 9.53 Å². The van der Waals surface area contributed by atoms with E-state index >= 15 is 0 Å². The number of hydrogen-bond donors (Lipinski definition) is 0. The van der Waals surface area contributed by atoms with Crippen molar-refractivity contribution in [3.05, 3.63) is 12.7 Å². The molecule has 1 fully saturated rings. The predicted octanol–water partition coefficient (Wildman–Crippen LogP) is 1.84. The topological polar surface area (TPSA) is 29.5 Å². The summed E-state index contributed by atoms with van der Waals surface area (Å²) >= 11 is 0. The monoisotopic (exact) mass is 211 g/mol. The summed E-state index contributed by atoms with van der Waals surface area (Å²) in [5, 5.41) is 0. The number of nitrogens with zero attached hydrogens (tertiary/aromatic N) is 1. The van der Waals surface area contributed by atoms with Crippen LogP contribution in [0.4, 0.5) is 0 Å². The van der Waals surface area contributed by atoms with Crippen molar-refractivity contribution in [3.8, 4) is 0 Å². The van der Waals surface area contributed by atoms with Gasteiger partial charge in [0.05, 0.1) is 0 Å². The highest BCUT2D eigenvalue weighted by Crippen LogP contribution is 2.15. The summed E-state index contributed by atoms with van der Waals surface area (Å²) < 4.78 is 5.26. The first kappa shape index (κ1) is 12.2. The van der Waals surface area contributed by atoms with Crippen LogP contribution in [0.5, 0.6) is 0 Å². The molecular formula is C12H21NO2. The summed E-state index contributed by atoms with van der Waals surface area (Å²) in [5.74, 6) is 0.189. The highest BCUT2D eigenvalue weighted by Gasteiger charge is 2.28. The van der Waals surface area contributed by atoms with E-state index in [2.05, 4.69) is 6.58 Å². The fourth-order valence-electron chi connectivity index (χ4n) is 1.96. The second-order valence-corrected chi connectivity index (χ2v) is 4.14. The van der Waals surface area contributed by atoms with Crippen LogP contribution in [0.2, 0.25) is 0 Å². The van der Waals surface area contributed by atoms with Gasteiger partial charge in [-0.3, -0.25) is 4.79 Å². The fourth-order valence-corrected chi connectivity index (χ4v) is 1.96. The molecule has 1 amide bonds. The van der Waals surface area contributed by atoms with Crippen molar-refractivity contribution in [3.63, 3.8) is 0 Å². The lowest BCUT2D eigenvalue weighted by atomic mass is 10.0. The molecule has 0 unspecified atom stereocenters. The molecule has 86 valence electrons. The van der Waals surface area contributed by atoms with Gasteiger partial charge < -0.3 is 9.64 Å². The van der Waals surface area contributed by atoms with Crippen LogP contribution >= 0.6 is 0 Å². The SMILES string of the molecule is C=C[C@H](C)[C@@H](OC)C(=O)N1CCCCC1. The van der Waals surface area contributed by atoms with Crippen LogP contribution in [0.25, 0.3) is 0 Å². The zero-order valence-electron chi connectivity index (χ0n) is 9.74. The first-order valence-corrected chi connectivity index (χ1v) is 5.65. The molecule has 0 saturated carbocycles. The van der Waals surface area contributed by atoms with Gasteiger partial charge in [0.15, 0.2) is 0 Å². The third-order valence-electron chi connectivity index (χ3n) is 3.01. The van der Waals surface area contributed by atoms with E-state index in [-0.39, 0.29) is 17.9 Å². The molecule has 3 heteroatoms. The second-order valence-electron chi connectivity index (χ2n) is 4.14. The number of hydrogen-bond acceptors (Lipinski definition) is 2. The van der Waals surface area contributed by atoms with E-state index in [9.17, 15) is 4.79 Å². The van der Waals surface area contributed by atoms with Crippen molar-refractivity contribution in [2.24, 2.45) is 5.92 Å². The van der Waals surface area contributed by atoms with Gasteiger partial charge in [0, 0.05) is 26.1 Å². The third kappa shape index (κ3) is 3.06. The van der Waals surface area contributed by atoms with Crippen LogP contribution in [0.15, 0.2) is 12.7 Å². The molecule has 3 nitrogen and oxygen atoms in total. The van der Waals surface area contributed by atoms with E-state index in [0.29, 0.717) is 0 Å². The average molecular weight is 211 g/mol. The van der Waals surface area contributed by atoms with Crippen molar-refractivity contribution in [1.29, 1.82) is 0 Å². The summed E-state index contributed by atoms with van der Waals surface area (Å²) in [5.41, 5.74) is 0. The first-order chi connectivity index (χ1) is 7.20. The Kier molecular flexibility index (Phi) is 4.82. The number of ether oxygens (including phenoxy) is 1. The Morgan fingerprint density at radius 2 is 2.00 bits per heavy atom. The van der Waals surface area contributed by atoms with Crippen molar-refractivity contribution in [1.82, 2.24) is 4.90 Å². The van der Waals surface area contributed by atoms with Gasteiger partial charge >= 0.3 is 0 Å².